The second-order valence-electron chi connectivity index (χ2n) is 2.60. The van der Waals surface area contributed by atoms with Gasteiger partial charge in [-0.25, -0.2) is 0 Å². The Morgan fingerprint density at radius 2 is 2.21 bits per heavy atom. The molecule has 0 heterocycles. The average Bonchev–Trinajstić information content (AvgIpc) is 2.01. The molecule has 0 saturated carbocycles. The zero-order valence-electron chi connectivity index (χ0n) is 7.28. The SMILES string of the molecule is CC(=O)Nc1ccc([N+](=O)[O-])c(F)c1. The van der Waals surface area contributed by atoms with Crippen LogP contribution >= 0.6 is 0 Å². The maximum atomic E-state index is 13.0. The summed E-state index contributed by atoms with van der Waals surface area (Å²) in [5, 5.41) is 12.5. The Morgan fingerprint density at radius 1 is 1.57 bits per heavy atom. The number of amides is 1. The van der Waals surface area contributed by atoms with Crippen molar-refractivity contribution in [1.29, 1.82) is 0 Å². The van der Waals surface area contributed by atoms with E-state index < -0.39 is 16.4 Å². The van der Waals surface area contributed by atoms with Gasteiger partial charge in [0.2, 0.25) is 11.7 Å². The number of carbonyl (C=O) groups excluding carboxylic acids is 1. The molecule has 0 aromatic heterocycles. The Labute approximate surface area is 78.7 Å². The number of benzene rings is 1. The molecule has 0 spiro atoms. The minimum Gasteiger partial charge on any atom is -0.326 e. The predicted molar refractivity (Wildman–Crippen MR) is 47.4 cm³/mol. The maximum absolute atomic E-state index is 13.0. The molecule has 0 saturated heterocycles. The van der Waals surface area contributed by atoms with Crippen LogP contribution in [0.1, 0.15) is 6.92 Å². The fourth-order valence-electron chi connectivity index (χ4n) is 0.936. The summed E-state index contributed by atoms with van der Waals surface area (Å²) in [6, 6.07) is 3.17. The molecule has 0 atom stereocenters. The zero-order chi connectivity index (χ0) is 10.7. The van der Waals surface area contributed by atoms with Gasteiger partial charge in [-0.2, -0.15) is 4.39 Å². The maximum Gasteiger partial charge on any atom is 0.304 e. The minimum absolute atomic E-state index is 0.195. The molecule has 0 fully saturated rings. The number of nitro groups is 1. The highest BCUT2D eigenvalue weighted by Gasteiger charge is 2.13. The largest absolute Gasteiger partial charge is 0.326 e. The third-order valence-electron chi connectivity index (χ3n) is 1.46. The fraction of sp³-hybridized carbons (Fsp3) is 0.125. The summed E-state index contributed by atoms with van der Waals surface area (Å²) in [5.41, 5.74) is -0.417. The van der Waals surface area contributed by atoms with Crippen molar-refractivity contribution < 1.29 is 14.1 Å². The van der Waals surface area contributed by atoms with Gasteiger partial charge in [-0.3, -0.25) is 14.9 Å². The molecule has 14 heavy (non-hydrogen) atoms. The Balaban J connectivity index is 3.00. The molecule has 1 amide bonds. The van der Waals surface area contributed by atoms with Crippen LogP contribution in [0.15, 0.2) is 18.2 Å². The van der Waals surface area contributed by atoms with Gasteiger partial charge in [0.15, 0.2) is 0 Å². The van der Waals surface area contributed by atoms with Crippen LogP contribution in [0.2, 0.25) is 0 Å². The standard InChI is InChI=1S/C8H7FN2O3/c1-5(12)10-6-2-3-8(11(13)14)7(9)4-6/h2-4H,1H3,(H,10,12). The molecule has 1 aromatic carbocycles. The number of hydrogen-bond donors (Lipinski definition) is 1. The van der Waals surface area contributed by atoms with Crippen LogP contribution < -0.4 is 5.32 Å². The highest BCUT2D eigenvalue weighted by Crippen LogP contribution is 2.20. The van der Waals surface area contributed by atoms with Gasteiger partial charge in [-0.05, 0) is 6.07 Å². The molecule has 0 radical (unpaired) electrons. The molecule has 0 aliphatic heterocycles. The molecule has 1 rings (SSSR count). The lowest BCUT2D eigenvalue weighted by atomic mass is 10.2. The summed E-state index contributed by atoms with van der Waals surface area (Å²) in [7, 11) is 0. The van der Waals surface area contributed by atoms with Crippen LogP contribution in [-0.4, -0.2) is 10.8 Å². The molecular weight excluding hydrogens is 191 g/mol. The Bertz CT molecular complexity index is 392. The summed E-state index contributed by atoms with van der Waals surface area (Å²) in [6.07, 6.45) is 0. The summed E-state index contributed by atoms with van der Waals surface area (Å²) in [6.45, 7) is 1.26. The van der Waals surface area contributed by atoms with Crippen LogP contribution in [0.3, 0.4) is 0 Å². The first-order valence-corrected chi connectivity index (χ1v) is 3.72. The molecule has 6 heteroatoms. The second-order valence-corrected chi connectivity index (χ2v) is 2.60. The van der Waals surface area contributed by atoms with Crippen molar-refractivity contribution in [3.8, 4) is 0 Å². The second kappa shape index (κ2) is 3.82. The van der Waals surface area contributed by atoms with Crippen molar-refractivity contribution in [2.24, 2.45) is 0 Å². The lowest BCUT2D eigenvalue weighted by Crippen LogP contribution is -2.06. The highest BCUT2D eigenvalue weighted by atomic mass is 19.1. The summed E-state index contributed by atoms with van der Waals surface area (Å²) >= 11 is 0. The molecule has 1 aromatic rings. The van der Waals surface area contributed by atoms with E-state index in [0.717, 1.165) is 12.1 Å². The van der Waals surface area contributed by atoms with Crippen LogP contribution in [0.25, 0.3) is 0 Å². The van der Waals surface area contributed by atoms with Crippen LogP contribution in [0.4, 0.5) is 15.8 Å². The number of nitrogens with one attached hydrogen (secondary N) is 1. The third-order valence-corrected chi connectivity index (χ3v) is 1.46. The number of hydrogen-bond acceptors (Lipinski definition) is 3. The number of rotatable bonds is 2. The number of nitrogens with zero attached hydrogens (tertiary/aromatic N) is 1. The van der Waals surface area contributed by atoms with Gasteiger partial charge in [-0.15, -0.1) is 0 Å². The van der Waals surface area contributed by atoms with Gasteiger partial charge in [-0.1, -0.05) is 0 Å². The van der Waals surface area contributed by atoms with Crippen LogP contribution in [0, 0.1) is 15.9 Å². The van der Waals surface area contributed by atoms with Gasteiger partial charge >= 0.3 is 5.69 Å². The van der Waals surface area contributed by atoms with Gasteiger partial charge in [0, 0.05) is 24.7 Å². The van der Waals surface area contributed by atoms with Crippen molar-refractivity contribution >= 4 is 17.3 Å². The molecule has 0 aliphatic carbocycles. The van der Waals surface area contributed by atoms with Crippen LogP contribution in [0.5, 0.6) is 0 Å². The quantitative estimate of drug-likeness (QED) is 0.580. The van der Waals surface area contributed by atoms with E-state index in [4.69, 9.17) is 0 Å². The van der Waals surface area contributed by atoms with Crippen LogP contribution in [-0.2, 0) is 4.79 Å². The van der Waals surface area contributed by atoms with Gasteiger partial charge in [0.05, 0.1) is 4.92 Å². The highest BCUT2D eigenvalue weighted by molar-refractivity contribution is 5.88. The first-order valence-electron chi connectivity index (χ1n) is 3.72. The predicted octanol–water partition coefficient (Wildman–Crippen LogP) is 1.69. The first kappa shape index (κ1) is 10.1. The van der Waals surface area contributed by atoms with Crippen molar-refractivity contribution in [3.63, 3.8) is 0 Å². The van der Waals surface area contributed by atoms with E-state index in [9.17, 15) is 19.3 Å². The molecular formula is C8H7FN2O3. The van der Waals surface area contributed by atoms with Crippen molar-refractivity contribution in [2.75, 3.05) is 5.32 Å². The Kier molecular flexibility index (Phi) is 2.76. The van der Waals surface area contributed by atoms with E-state index in [2.05, 4.69) is 5.32 Å². The first-order chi connectivity index (χ1) is 6.50. The molecule has 0 unspecified atom stereocenters. The lowest BCUT2D eigenvalue weighted by molar-refractivity contribution is -0.387. The van der Waals surface area contributed by atoms with E-state index in [1.54, 1.807) is 0 Å². The smallest absolute Gasteiger partial charge is 0.304 e. The van der Waals surface area contributed by atoms with E-state index in [1.165, 1.54) is 13.0 Å². The van der Waals surface area contributed by atoms with Gasteiger partial charge < -0.3 is 5.32 Å². The summed E-state index contributed by atoms with van der Waals surface area (Å²) in [5.74, 6) is -1.33. The van der Waals surface area contributed by atoms with E-state index in [0.29, 0.717) is 0 Å². The minimum atomic E-state index is -0.971. The van der Waals surface area contributed by atoms with Gasteiger partial charge in [0.25, 0.3) is 0 Å². The van der Waals surface area contributed by atoms with E-state index in [-0.39, 0.29) is 11.6 Å². The molecule has 74 valence electrons. The normalized spacial score (nSPS) is 9.57. The monoisotopic (exact) mass is 198 g/mol. The number of anilines is 1. The number of nitro benzene ring substituents is 1. The third kappa shape index (κ3) is 2.25. The van der Waals surface area contributed by atoms with Crippen molar-refractivity contribution in [1.82, 2.24) is 0 Å². The van der Waals surface area contributed by atoms with E-state index in [1.807, 2.05) is 0 Å². The van der Waals surface area contributed by atoms with Crippen molar-refractivity contribution in [2.45, 2.75) is 6.92 Å². The lowest BCUT2D eigenvalue weighted by Gasteiger charge is -2.01. The molecule has 5 nitrogen and oxygen atoms in total. The Hall–Kier alpha value is -1.98. The van der Waals surface area contributed by atoms with Crippen molar-refractivity contribution in [3.05, 3.63) is 34.1 Å². The summed E-state index contributed by atoms with van der Waals surface area (Å²) in [4.78, 5) is 20.0. The molecule has 1 N–H and O–H groups in total. The number of halogens is 1. The fourth-order valence-corrected chi connectivity index (χ4v) is 0.936. The average molecular weight is 198 g/mol. The van der Waals surface area contributed by atoms with Gasteiger partial charge in [0.1, 0.15) is 0 Å². The topological polar surface area (TPSA) is 72.2 Å². The molecule has 0 bridgehead atoms. The zero-order valence-corrected chi connectivity index (χ0v) is 7.28. The molecule has 0 aliphatic rings. The summed E-state index contributed by atoms with van der Waals surface area (Å²) < 4.78 is 13.0. The van der Waals surface area contributed by atoms with E-state index >= 15 is 0 Å². The number of carbonyl (C=O) groups is 1. The Morgan fingerprint density at radius 3 is 2.64 bits per heavy atom.